The van der Waals surface area contributed by atoms with E-state index in [9.17, 15) is 18.4 Å². The number of amides is 2. The van der Waals surface area contributed by atoms with Crippen LogP contribution in [0.4, 0.5) is 13.6 Å². The van der Waals surface area contributed by atoms with Crippen LogP contribution in [-0.4, -0.2) is 89.7 Å². The van der Waals surface area contributed by atoms with Crippen LogP contribution in [0.1, 0.15) is 33.1 Å². The predicted octanol–water partition coefficient (Wildman–Crippen LogP) is 2.32. The average molecular weight is 437 g/mol. The first-order chi connectivity index (χ1) is 13.1. The number of hydrogen-bond acceptors (Lipinski definition) is 6. The first kappa shape index (κ1) is 22.1. The summed E-state index contributed by atoms with van der Waals surface area (Å²) in [6.45, 7) is 8.16. The molecule has 0 saturated carbocycles. The molecule has 0 radical (unpaired) electrons. The Bertz CT molecular complexity index is 592. The zero-order valence-corrected chi connectivity index (χ0v) is 18.2. The molecule has 3 heterocycles. The molecule has 0 aromatic rings. The summed E-state index contributed by atoms with van der Waals surface area (Å²) in [5.41, 5.74) is 0.387. The van der Waals surface area contributed by atoms with Crippen molar-refractivity contribution in [2.24, 2.45) is 5.41 Å². The lowest BCUT2D eigenvalue weighted by Crippen LogP contribution is -2.63. The van der Waals surface area contributed by atoms with Crippen LogP contribution >= 0.6 is 22.5 Å². The molecule has 3 aliphatic rings. The van der Waals surface area contributed by atoms with Gasteiger partial charge in [-0.2, -0.15) is 0 Å². The van der Waals surface area contributed by atoms with Gasteiger partial charge in [0.1, 0.15) is 0 Å². The second-order valence-electron chi connectivity index (χ2n) is 8.72. The third-order valence-corrected chi connectivity index (χ3v) is 7.19. The van der Waals surface area contributed by atoms with Crippen molar-refractivity contribution in [3.63, 3.8) is 0 Å². The summed E-state index contributed by atoms with van der Waals surface area (Å²) in [6.07, 6.45) is 2.18. The predicted molar refractivity (Wildman–Crippen MR) is 110 cm³/mol. The number of rotatable bonds is 4. The second-order valence-corrected chi connectivity index (χ2v) is 9.82. The van der Waals surface area contributed by atoms with Crippen LogP contribution in [0.25, 0.3) is 0 Å². The Morgan fingerprint density at radius 3 is 2.36 bits per heavy atom. The van der Waals surface area contributed by atoms with Gasteiger partial charge in [0.05, 0.1) is 19.1 Å². The number of likely N-dealkylation sites (tertiary alicyclic amines) is 3. The van der Waals surface area contributed by atoms with E-state index in [-0.39, 0.29) is 25.4 Å². The van der Waals surface area contributed by atoms with Gasteiger partial charge in [-0.1, -0.05) is 0 Å². The number of alkyl halides is 2. The summed E-state index contributed by atoms with van der Waals surface area (Å²) >= 11 is 3.72. The molecule has 1 unspecified atom stereocenters. The molecule has 6 nitrogen and oxygen atoms in total. The van der Waals surface area contributed by atoms with Crippen LogP contribution in [-0.2, 0) is 4.79 Å². The van der Waals surface area contributed by atoms with Crippen LogP contribution in [0.15, 0.2) is 0 Å². The molecule has 1 spiro atoms. The first-order valence-corrected chi connectivity index (χ1v) is 11.7. The number of carbonyl (C=O) groups is 2. The molecule has 0 aliphatic carbocycles. The number of carbonyl (C=O) groups excluding carboxylic acids is 2. The van der Waals surface area contributed by atoms with Crippen molar-refractivity contribution >= 4 is 33.6 Å². The fourth-order valence-electron chi connectivity index (χ4n) is 4.47. The molecular weight excluding hydrogens is 406 g/mol. The quantitative estimate of drug-likeness (QED) is 0.523. The zero-order chi connectivity index (χ0) is 20.5. The average Bonchev–Trinajstić information content (AvgIpc) is 2.61. The maximum Gasteiger partial charge on any atom is 0.289 e. The molecule has 0 aromatic heterocycles. The fraction of sp³-hybridized carbons (Fsp3) is 0.889. The van der Waals surface area contributed by atoms with Gasteiger partial charge in [-0.25, -0.2) is 8.78 Å². The number of hydrogen-bond donors (Lipinski definition) is 2. The topological polar surface area (TPSA) is 55.9 Å². The number of piperidine rings is 2. The minimum atomic E-state index is -3.13. The van der Waals surface area contributed by atoms with E-state index in [0.717, 1.165) is 39.0 Å². The van der Waals surface area contributed by atoms with Crippen molar-refractivity contribution in [3.8, 4) is 0 Å². The fourth-order valence-corrected chi connectivity index (χ4v) is 4.83. The van der Waals surface area contributed by atoms with Gasteiger partial charge in [-0.05, 0) is 51.6 Å². The normalized spacial score (nSPS) is 27.6. The third kappa shape index (κ3) is 4.94. The summed E-state index contributed by atoms with van der Waals surface area (Å²) in [6, 6.07) is -0.674. The number of nitrogens with zero attached hydrogens (tertiary/aromatic N) is 3. The van der Waals surface area contributed by atoms with Gasteiger partial charge in [0.25, 0.3) is 11.2 Å². The molecule has 3 aliphatic heterocycles. The largest absolute Gasteiger partial charge is 0.337 e. The zero-order valence-electron chi connectivity index (χ0n) is 16.5. The third-order valence-electron chi connectivity index (χ3n) is 6.41. The molecule has 28 heavy (non-hydrogen) atoms. The SMILES string of the molecule is CC(C)N1CC2(CCN(CC(=O)N3CCC(NC(=O)SS)C(F)(F)C3)CC2)C1. The lowest BCUT2D eigenvalue weighted by Gasteiger charge is -2.55. The number of thiol groups is 1. The smallest absolute Gasteiger partial charge is 0.289 e. The maximum atomic E-state index is 14.4. The van der Waals surface area contributed by atoms with Crippen molar-refractivity contribution in [2.45, 2.75) is 51.1 Å². The van der Waals surface area contributed by atoms with Crippen LogP contribution in [0.2, 0.25) is 0 Å². The van der Waals surface area contributed by atoms with Gasteiger partial charge in [0, 0.05) is 36.5 Å². The standard InChI is InChI=1S/C18H30F2N4O2S2/c1-13(2)24-10-17(11-24)4-7-22(8-5-17)9-15(25)23-6-3-14(18(19,20)12-23)21-16(26)28-27/h13-14,27H,3-12H2,1-2H3,(H,21,26). The molecule has 2 amide bonds. The first-order valence-electron chi connectivity index (χ1n) is 9.88. The maximum absolute atomic E-state index is 14.4. The number of halogens is 2. The number of nitrogens with one attached hydrogen (secondary N) is 1. The van der Waals surface area contributed by atoms with Gasteiger partial charge < -0.3 is 10.2 Å². The molecule has 10 heteroatoms. The van der Waals surface area contributed by atoms with Crippen LogP contribution < -0.4 is 5.32 Å². The van der Waals surface area contributed by atoms with Gasteiger partial charge in [0.15, 0.2) is 0 Å². The van der Waals surface area contributed by atoms with Crippen molar-refractivity contribution in [1.29, 1.82) is 0 Å². The Hall–Kier alpha value is -0.580. The minimum absolute atomic E-state index is 0.0486. The van der Waals surface area contributed by atoms with E-state index < -0.39 is 23.7 Å². The van der Waals surface area contributed by atoms with E-state index in [2.05, 4.69) is 40.6 Å². The molecule has 160 valence electrons. The summed E-state index contributed by atoms with van der Waals surface area (Å²) < 4.78 is 28.7. The van der Waals surface area contributed by atoms with E-state index in [1.54, 1.807) is 0 Å². The van der Waals surface area contributed by atoms with Gasteiger partial charge >= 0.3 is 0 Å². The summed E-state index contributed by atoms with van der Waals surface area (Å²) in [7, 11) is 0.578. The summed E-state index contributed by atoms with van der Waals surface area (Å²) in [5, 5.41) is 1.68. The Labute approximate surface area is 174 Å². The summed E-state index contributed by atoms with van der Waals surface area (Å²) in [5.74, 6) is -3.38. The molecule has 1 atom stereocenters. The highest BCUT2D eigenvalue weighted by Crippen LogP contribution is 2.41. The van der Waals surface area contributed by atoms with Crippen molar-refractivity contribution in [2.75, 3.05) is 45.8 Å². The molecule has 3 saturated heterocycles. The molecule has 1 N–H and O–H groups in total. The monoisotopic (exact) mass is 436 g/mol. The molecular formula is C18H30F2N4O2S2. The Morgan fingerprint density at radius 2 is 1.82 bits per heavy atom. The Morgan fingerprint density at radius 1 is 1.18 bits per heavy atom. The van der Waals surface area contributed by atoms with Crippen molar-refractivity contribution in [3.05, 3.63) is 0 Å². The highest BCUT2D eigenvalue weighted by molar-refractivity contribution is 8.74. The molecule has 0 aromatic carbocycles. The van der Waals surface area contributed by atoms with Gasteiger partial charge in [0.2, 0.25) is 5.91 Å². The minimum Gasteiger partial charge on any atom is -0.337 e. The van der Waals surface area contributed by atoms with Gasteiger partial charge in [-0.15, -0.1) is 11.7 Å². The Kier molecular flexibility index (Phi) is 6.83. The van der Waals surface area contributed by atoms with Crippen LogP contribution in [0.3, 0.4) is 0 Å². The lowest BCUT2D eigenvalue weighted by atomic mass is 9.71. The second kappa shape index (κ2) is 8.65. The summed E-state index contributed by atoms with van der Waals surface area (Å²) in [4.78, 5) is 29.7. The lowest BCUT2D eigenvalue weighted by molar-refractivity contribution is -0.147. The van der Waals surface area contributed by atoms with Crippen LogP contribution in [0, 0.1) is 5.41 Å². The van der Waals surface area contributed by atoms with Gasteiger partial charge in [-0.3, -0.25) is 19.4 Å². The molecule has 0 bridgehead atoms. The van der Waals surface area contributed by atoms with E-state index >= 15 is 0 Å². The van der Waals surface area contributed by atoms with E-state index in [1.807, 2.05) is 0 Å². The van der Waals surface area contributed by atoms with Crippen molar-refractivity contribution in [1.82, 2.24) is 20.0 Å². The van der Waals surface area contributed by atoms with E-state index in [1.165, 1.54) is 4.90 Å². The highest BCUT2D eigenvalue weighted by atomic mass is 33.1. The van der Waals surface area contributed by atoms with E-state index in [0.29, 0.717) is 22.3 Å². The molecule has 3 rings (SSSR count). The van der Waals surface area contributed by atoms with Crippen molar-refractivity contribution < 1.29 is 18.4 Å². The Balaban J connectivity index is 1.44. The highest BCUT2D eigenvalue weighted by Gasteiger charge is 2.48. The molecule has 3 fully saturated rings. The van der Waals surface area contributed by atoms with Crippen LogP contribution in [0.5, 0.6) is 0 Å². The van der Waals surface area contributed by atoms with E-state index in [4.69, 9.17) is 0 Å².